The van der Waals surface area contributed by atoms with Crippen molar-refractivity contribution in [1.29, 1.82) is 0 Å². The van der Waals surface area contributed by atoms with E-state index in [-0.39, 0.29) is 5.69 Å². The Kier molecular flexibility index (Phi) is 3.62. The molecule has 21 heavy (non-hydrogen) atoms. The van der Waals surface area contributed by atoms with Crippen molar-refractivity contribution in [1.82, 2.24) is 9.38 Å². The second kappa shape index (κ2) is 5.57. The van der Waals surface area contributed by atoms with E-state index in [1.807, 2.05) is 41.5 Å². The van der Waals surface area contributed by atoms with Gasteiger partial charge in [0.25, 0.3) is 0 Å². The SMILES string of the molecule is CCN(Cc1cccs1)c1nc2ccccn2c1C(=O)O. The number of carboxylic acids is 1. The molecule has 5 nitrogen and oxygen atoms in total. The van der Waals surface area contributed by atoms with E-state index >= 15 is 0 Å². The van der Waals surface area contributed by atoms with E-state index in [0.717, 1.165) is 0 Å². The van der Waals surface area contributed by atoms with Gasteiger partial charge in [-0.15, -0.1) is 11.3 Å². The molecule has 3 rings (SSSR count). The van der Waals surface area contributed by atoms with Crippen LogP contribution >= 0.6 is 11.3 Å². The third kappa shape index (κ3) is 2.50. The molecule has 0 radical (unpaired) electrons. The van der Waals surface area contributed by atoms with Crippen LogP contribution in [0, 0.1) is 0 Å². The summed E-state index contributed by atoms with van der Waals surface area (Å²) in [4.78, 5) is 19.3. The zero-order chi connectivity index (χ0) is 14.8. The Morgan fingerprint density at radius 3 is 2.90 bits per heavy atom. The fourth-order valence-corrected chi connectivity index (χ4v) is 3.05. The molecule has 6 heteroatoms. The number of aromatic carboxylic acids is 1. The number of thiophene rings is 1. The fraction of sp³-hybridized carbons (Fsp3) is 0.200. The van der Waals surface area contributed by atoms with Crippen molar-refractivity contribution in [3.63, 3.8) is 0 Å². The van der Waals surface area contributed by atoms with E-state index < -0.39 is 5.97 Å². The first kappa shape index (κ1) is 13.6. The number of rotatable bonds is 5. The summed E-state index contributed by atoms with van der Waals surface area (Å²) < 4.78 is 1.62. The van der Waals surface area contributed by atoms with Gasteiger partial charge in [-0.05, 0) is 30.5 Å². The van der Waals surface area contributed by atoms with Gasteiger partial charge in [0, 0.05) is 17.6 Å². The van der Waals surface area contributed by atoms with Gasteiger partial charge in [0.2, 0.25) is 0 Å². The summed E-state index contributed by atoms with van der Waals surface area (Å²) in [6, 6.07) is 9.52. The van der Waals surface area contributed by atoms with Crippen LogP contribution in [0.15, 0.2) is 41.9 Å². The maximum Gasteiger partial charge on any atom is 0.356 e. The molecule has 0 unspecified atom stereocenters. The van der Waals surface area contributed by atoms with Gasteiger partial charge in [0.1, 0.15) is 5.65 Å². The number of pyridine rings is 1. The number of imidazole rings is 1. The lowest BCUT2D eigenvalue weighted by Crippen LogP contribution is -2.24. The van der Waals surface area contributed by atoms with Gasteiger partial charge in [-0.1, -0.05) is 12.1 Å². The van der Waals surface area contributed by atoms with Crippen molar-refractivity contribution in [2.75, 3.05) is 11.4 Å². The smallest absolute Gasteiger partial charge is 0.356 e. The van der Waals surface area contributed by atoms with Gasteiger partial charge in [-0.25, -0.2) is 9.78 Å². The Bertz CT molecular complexity index is 764. The molecule has 1 N–H and O–H groups in total. The summed E-state index contributed by atoms with van der Waals surface area (Å²) in [6.45, 7) is 3.36. The lowest BCUT2D eigenvalue weighted by atomic mass is 10.3. The van der Waals surface area contributed by atoms with Crippen LogP contribution in [-0.2, 0) is 6.54 Å². The molecule has 3 heterocycles. The minimum atomic E-state index is -0.965. The number of carboxylic acid groups (broad SMARTS) is 1. The molecule has 0 bridgehead atoms. The summed E-state index contributed by atoms with van der Waals surface area (Å²) in [5.74, 6) is -0.446. The molecule has 0 fully saturated rings. The number of nitrogens with zero attached hydrogens (tertiary/aromatic N) is 3. The molecule has 108 valence electrons. The maximum atomic E-state index is 11.6. The van der Waals surface area contributed by atoms with E-state index in [9.17, 15) is 9.90 Å². The lowest BCUT2D eigenvalue weighted by Gasteiger charge is -2.20. The van der Waals surface area contributed by atoms with Crippen molar-refractivity contribution >= 4 is 28.8 Å². The summed E-state index contributed by atoms with van der Waals surface area (Å²) in [7, 11) is 0. The topological polar surface area (TPSA) is 57.8 Å². The second-order valence-corrected chi connectivity index (χ2v) is 5.64. The van der Waals surface area contributed by atoms with E-state index in [1.165, 1.54) is 4.88 Å². The summed E-state index contributed by atoms with van der Waals surface area (Å²) in [6.07, 6.45) is 1.73. The van der Waals surface area contributed by atoms with Crippen molar-refractivity contribution < 1.29 is 9.90 Å². The normalized spacial score (nSPS) is 10.9. The van der Waals surface area contributed by atoms with Crippen LogP contribution in [0.5, 0.6) is 0 Å². The molecule has 0 saturated carbocycles. The highest BCUT2D eigenvalue weighted by Crippen LogP contribution is 2.24. The first-order valence-electron chi connectivity index (χ1n) is 6.68. The Labute approximate surface area is 126 Å². The molecule has 0 aliphatic carbocycles. The van der Waals surface area contributed by atoms with Crippen molar-refractivity contribution in [2.24, 2.45) is 0 Å². The molecule has 0 aliphatic heterocycles. The molecule has 0 saturated heterocycles. The summed E-state index contributed by atoms with van der Waals surface area (Å²) >= 11 is 1.66. The van der Waals surface area contributed by atoms with Crippen LogP contribution in [0.2, 0.25) is 0 Å². The summed E-state index contributed by atoms with van der Waals surface area (Å²) in [5, 5.41) is 11.6. The molecular weight excluding hydrogens is 286 g/mol. The standard InChI is InChI=1S/C15H15N3O2S/c1-2-17(10-11-6-5-9-21-11)14-13(15(19)20)18-8-4-3-7-12(18)16-14/h3-9H,2,10H2,1H3,(H,19,20). The predicted molar refractivity (Wildman–Crippen MR) is 83.2 cm³/mol. The van der Waals surface area contributed by atoms with Crippen LogP contribution in [0.3, 0.4) is 0 Å². The summed E-state index contributed by atoms with van der Waals surface area (Å²) in [5.41, 5.74) is 0.860. The van der Waals surface area contributed by atoms with Gasteiger partial charge >= 0.3 is 5.97 Å². The Morgan fingerprint density at radius 2 is 2.24 bits per heavy atom. The van der Waals surface area contributed by atoms with Crippen molar-refractivity contribution in [3.8, 4) is 0 Å². The van der Waals surface area contributed by atoms with Gasteiger partial charge in [0.05, 0.1) is 6.54 Å². The molecule has 0 atom stereocenters. The van der Waals surface area contributed by atoms with Crippen LogP contribution in [0.4, 0.5) is 5.82 Å². The minimum absolute atomic E-state index is 0.212. The molecule has 0 spiro atoms. The first-order valence-corrected chi connectivity index (χ1v) is 7.56. The quantitative estimate of drug-likeness (QED) is 0.786. The van der Waals surface area contributed by atoms with E-state index in [0.29, 0.717) is 24.6 Å². The fourth-order valence-electron chi connectivity index (χ4n) is 2.33. The van der Waals surface area contributed by atoms with Crippen LogP contribution < -0.4 is 4.90 Å². The van der Waals surface area contributed by atoms with E-state index in [4.69, 9.17) is 0 Å². The number of anilines is 1. The number of carbonyl (C=O) groups is 1. The average molecular weight is 301 g/mol. The number of hydrogen-bond acceptors (Lipinski definition) is 4. The molecular formula is C15H15N3O2S. The Morgan fingerprint density at radius 1 is 1.38 bits per heavy atom. The largest absolute Gasteiger partial charge is 0.476 e. The second-order valence-electron chi connectivity index (χ2n) is 4.61. The average Bonchev–Trinajstić information content (AvgIpc) is 3.11. The van der Waals surface area contributed by atoms with Crippen molar-refractivity contribution in [3.05, 3.63) is 52.5 Å². The molecule has 0 aromatic carbocycles. The van der Waals surface area contributed by atoms with Crippen LogP contribution in [-0.4, -0.2) is 27.0 Å². The minimum Gasteiger partial charge on any atom is -0.476 e. The molecule has 0 aliphatic rings. The maximum absolute atomic E-state index is 11.6. The Hall–Kier alpha value is -2.34. The first-order chi connectivity index (χ1) is 10.2. The highest BCUT2D eigenvalue weighted by molar-refractivity contribution is 7.09. The monoisotopic (exact) mass is 301 g/mol. The highest BCUT2D eigenvalue weighted by Gasteiger charge is 2.22. The zero-order valence-electron chi connectivity index (χ0n) is 11.6. The molecule has 3 aromatic heterocycles. The van der Waals surface area contributed by atoms with E-state index in [1.54, 1.807) is 28.0 Å². The lowest BCUT2D eigenvalue weighted by molar-refractivity contribution is 0.0690. The van der Waals surface area contributed by atoms with Gasteiger partial charge in [-0.2, -0.15) is 0 Å². The Balaban J connectivity index is 2.08. The molecule has 3 aromatic rings. The third-order valence-corrected chi connectivity index (χ3v) is 4.18. The van der Waals surface area contributed by atoms with Crippen LogP contribution in [0.1, 0.15) is 22.3 Å². The van der Waals surface area contributed by atoms with Gasteiger partial charge in [0.15, 0.2) is 11.5 Å². The van der Waals surface area contributed by atoms with Gasteiger partial charge in [-0.3, -0.25) is 4.40 Å². The highest BCUT2D eigenvalue weighted by atomic mass is 32.1. The number of aromatic nitrogens is 2. The number of fused-ring (bicyclic) bond motifs is 1. The van der Waals surface area contributed by atoms with Crippen LogP contribution in [0.25, 0.3) is 5.65 Å². The molecule has 0 amide bonds. The zero-order valence-corrected chi connectivity index (χ0v) is 12.4. The van der Waals surface area contributed by atoms with Gasteiger partial charge < -0.3 is 10.0 Å². The predicted octanol–water partition coefficient (Wildman–Crippen LogP) is 3.12. The van der Waals surface area contributed by atoms with E-state index in [2.05, 4.69) is 4.98 Å². The number of hydrogen-bond donors (Lipinski definition) is 1. The van der Waals surface area contributed by atoms with Crippen molar-refractivity contribution in [2.45, 2.75) is 13.5 Å². The third-order valence-electron chi connectivity index (χ3n) is 3.32.